The molecular weight excluding hydrogens is 302 g/mol. The smallest absolute Gasteiger partial charge is 0.231 e. The van der Waals surface area contributed by atoms with Crippen molar-refractivity contribution < 1.29 is 4.52 Å². The van der Waals surface area contributed by atoms with E-state index in [1.165, 1.54) is 19.3 Å². The molecule has 0 bridgehead atoms. The molecule has 5 unspecified atom stereocenters. The highest BCUT2D eigenvalue weighted by molar-refractivity contribution is 8.07. The van der Waals surface area contributed by atoms with Crippen LogP contribution in [-0.2, 0) is 0 Å². The molecule has 4 nitrogen and oxygen atoms in total. The molecule has 0 spiro atoms. The van der Waals surface area contributed by atoms with Crippen LogP contribution in [0.4, 0.5) is 0 Å². The highest BCUT2D eigenvalue weighted by Crippen LogP contribution is 2.44. The molecule has 2 aliphatic rings. The van der Waals surface area contributed by atoms with Crippen LogP contribution in [0.1, 0.15) is 62.9 Å². The summed E-state index contributed by atoms with van der Waals surface area (Å²) in [5, 5.41) is 9.60. The summed E-state index contributed by atoms with van der Waals surface area (Å²) >= 11 is 4.02. The molecule has 1 N–H and O–H groups in total. The van der Waals surface area contributed by atoms with Crippen LogP contribution >= 0.6 is 23.5 Å². The monoisotopic (exact) mass is 327 g/mol. The number of hydrogen-bond acceptors (Lipinski definition) is 6. The van der Waals surface area contributed by atoms with Crippen molar-refractivity contribution in [1.29, 1.82) is 0 Å². The first-order chi connectivity index (χ1) is 10.2. The van der Waals surface area contributed by atoms with Gasteiger partial charge in [-0.15, -0.1) is 11.8 Å². The van der Waals surface area contributed by atoms with Gasteiger partial charge in [-0.3, -0.25) is 0 Å². The van der Waals surface area contributed by atoms with Crippen molar-refractivity contribution in [2.75, 3.05) is 12.3 Å². The van der Waals surface area contributed by atoms with Crippen molar-refractivity contribution in [1.82, 2.24) is 15.5 Å². The zero-order valence-corrected chi connectivity index (χ0v) is 14.7. The van der Waals surface area contributed by atoms with Crippen molar-refractivity contribution in [2.45, 2.75) is 67.7 Å². The maximum Gasteiger partial charge on any atom is 0.231 e. The molecule has 6 heteroatoms. The predicted molar refractivity (Wildman–Crippen MR) is 90.1 cm³/mol. The summed E-state index contributed by atoms with van der Waals surface area (Å²) in [6.45, 7) is 7.77. The number of likely N-dealkylation sites (N-methyl/N-ethyl adjacent to an activating group) is 1. The molecule has 0 aromatic carbocycles. The van der Waals surface area contributed by atoms with E-state index in [4.69, 9.17) is 9.51 Å². The van der Waals surface area contributed by atoms with Crippen LogP contribution in [0.25, 0.3) is 0 Å². The SMILES string of the molecule is CCNC1CCCC1c1nc(C2CSC(C)C(C)S2)no1. The fourth-order valence-electron chi connectivity index (χ4n) is 3.21. The Morgan fingerprint density at radius 2 is 2.14 bits per heavy atom. The largest absolute Gasteiger partial charge is 0.339 e. The molecule has 1 aromatic rings. The Morgan fingerprint density at radius 1 is 1.29 bits per heavy atom. The van der Waals surface area contributed by atoms with Gasteiger partial charge in [0.25, 0.3) is 0 Å². The molecule has 1 aliphatic heterocycles. The van der Waals surface area contributed by atoms with Gasteiger partial charge in [0.05, 0.1) is 11.2 Å². The zero-order valence-electron chi connectivity index (χ0n) is 13.0. The predicted octanol–water partition coefficient (Wildman–Crippen LogP) is 3.61. The number of nitrogens with one attached hydrogen (secondary N) is 1. The lowest BCUT2D eigenvalue weighted by molar-refractivity contribution is 0.329. The van der Waals surface area contributed by atoms with Crippen molar-refractivity contribution in [2.24, 2.45) is 0 Å². The van der Waals surface area contributed by atoms with Crippen LogP contribution in [0, 0.1) is 0 Å². The van der Waals surface area contributed by atoms with Crippen molar-refractivity contribution in [3.63, 3.8) is 0 Å². The molecule has 5 atom stereocenters. The molecule has 2 fully saturated rings. The number of aromatic nitrogens is 2. The molecule has 21 heavy (non-hydrogen) atoms. The summed E-state index contributed by atoms with van der Waals surface area (Å²) in [5.74, 6) is 3.26. The molecule has 0 radical (unpaired) electrons. The van der Waals surface area contributed by atoms with E-state index < -0.39 is 0 Å². The van der Waals surface area contributed by atoms with Crippen LogP contribution < -0.4 is 5.32 Å². The number of nitrogens with zero attached hydrogens (tertiary/aromatic N) is 2. The third-order valence-electron chi connectivity index (χ3n) is 4.60. The maximum atomic E-state index is 5.62. The summed E-state index contributed by atoms with van der Waals surface area (Å²) in [5.41, 5.74) is 0. The van der Waals surface area contributed by atoms with Gasteiger partial charge < -0.3 is 9.84 Å². The fraction of sp³-hybridized carbons (Fsp3) is 0.867. The summed E-state index contributed by atoms with van der Waals surface area (Å²) < 4.78 is 5.62. The third kappa shape index (κ3) is 3.42. The molecule has 3 rings (SSSR count). The van der Waals surface area contributed by atoms with Gasteiger partial charge in [-0.25, -0.2) is 0 Å². The highest BCUT2D eigenvalue weighted by Gasteiger charge is 2.34. The minimum Gasteiger partial charge on any atom is -0.339 e. The van der Waals surface area contributed by atoms with E-state index in [0.29, 0.717) is 27.7 Å². The minimum absolute atomic E-state index is 0.387. The summed E-state index contributed by atoms with van der Waals surface area (Å²) in [7, 11) is 0. The average Bonchev–Trinajstić information content (AvgIpc) is 3.10. The Hall–Kier alpha value is -0.200. The summed E-state index contributed by atoms with van der Waals surface area (Å²) in [6.07, 6.45) is 3.64. The van der Waals surface area contributed by atoms with Crippen molar-refractivity contribution in [3.05, 3.63) is 11.7 Å². The Labute approximate surface area is 135 Å². The fourth-order valence-corrected chi connectivity index (χ4v) is 6.04. The van der Waals surface area contributed by atoms with E-state index >= 15 is 0 Å². The number of thioether (sulfide) groups is 2. The zero-order chi connectivity index (χ0) is 14.8. The molecule has 1 aliphatic carbocycles. The quantitative estimate of drug-likeness (QED) is 0.911. The Kier molecular flexibility index (Phi) is 5.17. The maximum absolute atomic E-state index is 5.62. The number of hydrogen-bond donors (Lipinski definition) is 1. The van der Waals surface area contributed by atoms with Gasteiger partial charge in [-0.2, -0.15) is 16.7 Å². The van der Waals surface area contributed by atoms with Gasteiger partial charge in [0.2, 0.25) is 5.89 Å². The van der Waals surface area contributed by atoms with Crippen LogP contribution in [0.3, 0.4) is 0 Å². The first-order valence-electron chi connectivity index (χ1n) is 8.03. The lowest BCUT2D eigenvalue weighted by Crippen LogP contribution is -2.31. The lowest BCUT2D eigenvalue weighted by Gasteiger charge is -2.29. The van der Waals surface area contributed by atoms with Gasteiger partial charge in [0.15, 0.2) is 5.82 Å². The van der Waals surface area contributed by atoms with E-state index in [1.54, 1.807) is 0 Å². The second-order valence-electron chi connectivity index (χ2n) is 6.06. The molecular formula is C15H25N3OS2. The Bertz CT molecular complexity index is 468. The van der Waals surface area contributed by atoms with E-state index in [-0.39, 0.29) is 0 Å². The van der Waals surface area contributed by atoms with E-state index in [9.17, 15) is 0 Å². The summed E-state index contributed by atoms with van der Waals surface area (Å²) in [4.78, 5) is 4.76. The first kappa shape index (κ1) is 15.7. The highest BCUT2D eigenvalue weighted by atomic mass is 32.2. The average molecular weight is 328 g/mol. The van der Waals surface area contributed by atoms with Gasteiger partial charge in [-0.1, -0.05) is 32.3 Å². The Balaban J connectivity index is 1.68. The van der Waals surface area contributed by atoms with E-state index in [2.05, 4.69) is 31.2 Å². The second-order valence-corrected chi connectivity index (χ2v) is 9.06. The first-order valence-corrected chi connectivity index (χ1v) is 10.0. The van der Waals surface area contributed by atoms with E-state index in [1.807, 2.05) is 23.5 Å². The molecule has 118 valence electrons. The van der Waals surface area contributed by atoms with Gasteiger partial charge in [-0.05, 0) is 19.4 Å². The molecule has 1 saturated heterocycles. The van der Waals surface area contributed by atoms with Crippen LogP contribution in [-0.4, -0.2) is 39.0 Å². The molecule has 1 aromatic heterocycles. The van der Waals surface area contributed by atoms with Crippen LogP contribution in [0.15, 0.2) is 4.52 Å². The van der Waals surface area contributed by atoms with Crippen molar-refractivity contribution in [3.8, 4) is 0 Å². The normalized spacial score (nSPS) is 37.0. The summed E-state index contributed by atoms with van der Waals surface area (Å²) in [6, 6.07) is 0.510. The topological polar surface area (TPSA) is 51.0 Å². The standard InChI is InChI=1S/C15H25N3OS2/c1-4-16-12-7-5-6-11(12)15-17-14(18-19-15)13-8-20-9(2)10(3)21-13/h9-13,16H,4-8H2,1-3H3. The molecule has 0 amide bonds. The Morgan fingerprint density at radius 3 is 2.90 bits per heavy atom. The molecule has 1 saturated carbocycles. The third-order valence-corrected chi connectivity index (χ3v) is 7.98. The van der Waals surface area contributed by atoms with Gasteiger partial charge >= 0.3 is 0 Å². The number of rotatable bonds is 4. The van der Waals surface area contributed by atoms with Gasteiger partial charge in [0.1, 0.15) is 0 Å². The van der Waals surface area contributed by atoms with Crippen molar-refractivity contribution >= 4 is 23.5 Å². The van der Waals surface area contributed by atoms with E-state index in [0.717, 1.165) is 24.0 Å². The second kappa shape index (κ2) is 6.92. The minimum atomic E-state index is 0.387. The molecule has 2 heterocycles. The van der Waals surface area contributed by atoms with Crippen LogP contribution in [0.2, 0.25) is 0 Å². The lowest BCUT2D eigenvalue weighted by atomic mass is 10.0. The van der Waals surface area contributed by atoms with Crippen LogP contribution in [0.5, 0.6) is 0 Å². The van der Waals surface area contributed by atoms with Gasteiger partial charge in [0, 0.05) is 22.3 Å².